The predicted molar refractivity (Wildman–Crippen MR) is 398 cm³/mol. The predicted octanol–water partition coefficient (Wildman–Crippen LogP) is 16.6. The van der Waals surface area contributed by atoms with E-state index in [9.17, 15) is 0 Å². The number of ether oxygens (including phenoxy) is 15. The van der Waals surface area contributed by atoms with Gasteiger partial charge in [0.05, 0.1) is 154 Å². The summed E-state index contributed by atoms with van der Waals surface area (Å²) >= 11 is 6.96. The fourth-order valence-corrected chi connectivity index (χ4v) is 15.6. The molecule has 8 aromatic carbocycles. The summed E-state index contributed by atoms with van der Waals surface area (Å²) in [5.74, 6) is 6.90. The van der Waals surface area contributed by atoms with Gasteiger partial charge in [-0.2, -0.15) is 0 Å². The van der Waals surface area contributed by atoms with E-state index in [2.05, 4.69) is 131 Å². The van der Waals surface area contributed by atoms with Crippen molar-refractivity contribution < 1.29 is 71.1 Å². The lowest BCUT2D eigenvalue weighted by Crippen LogP contribution is -2.25. The van der Waals surface area contributed by atoms with Gasteiger partial charge >= 0.3 is 0 Å². The molecule has 0 aromatic heterocycles. The summed E-state index contributed by atoms with van der Waals surface area (Å²) in [5.41, 5.74) is 9.54. The molecule has 0 atom stereocenters. The highest BCUT2D eigenvalue weighted by Gasteiger charge is 2.28. The molecule has 19 nitrogen and oxygen atoms in total. The Morgan fingerprint density at radius 1 is 0.232 bits per heavy atom. The average molecular weight is 1430 g/mol. The molecule has 99 heavy (non-hydrogen) atoms. The second-order valence-corrected chi connectivity index (χ2v) is 26.3. The summed E-state index contributed by atoms with van der Waals surface area (Å²) in [6, 6.07) is 49.6. The lowest BCUT2D eigenvalue weighted by Gasteiger charge is -2.33. The highest BCUT2D eigenvalue weighted by atomic mass is 32.2. The van der Waals surface area contributed by atoms with Gasteiger partial charge in [0.15, 0.2) is 0 Å². The molecule has 0 saturated heterocycles. The van der Waals surface area contributed by atoms with Gasteiger partial charge in [-0.3, -0.25) is 0 Å². The van der Waals surface area contributed by atoms with Crippen molar-refractivity contribution in [2.45, 2.75) is 53.0 Å². The average Bonchev–Trinajstić information content (AvgIpc) is 0.796. The Morgan fingerprint density at radius 3 is 0.687 bits per heavy atom. The molecule has 12 rings (SSSR count). The van der Waals surface area contributed by atoms with Gasteiger partial charge < -0.3 is 90.7 Å². The van der Waals surface area contributed by atoms with Crippen LogP contribution in [0.25, 0.3) is 0 Å². The quantitative estimate of drug-likeness (QED) is 0.0378. The van der Waals surface area contributed by atoms with Crippen molar-refractivity contribution in [1.82, 2.24) is 0 Å². The molecule has 0 spiro atoms. The van der Waals surface area contributed by atoms with Crippen LogP contribution in [0.1, 0.15) is 13.8 Å². The van der Waals surface area contributed by atoms with Crippen LogP contribution in [0, 0.1) is 0 Å². The Hall–Kier alpha value is -7.52. The van der Waals surface area contributed by atoms with Gasteiger partial charge in [0.2, 0.25) is 0 Å². The van der Waals surface area contributed by atoms with Crippen molar-refractivity contribution in [3.05, 3.63) is 146 Å². The molecule has 23 heteroatoms. The molecule has 0 aliphatic carbocycles. The first kappa shape index (κ1) is 75.7. The number of methoxy groups -OCH3 is 10. The topological polar surface area (TPSA) is 151 Å². The lowest BCUT2D eigenvalue weighted by atomic mass is 10.2. The SMILES string of the molecule is CCN1c2ccc(OC)cc2Sc2cc(OC)ccc21.CCN1c2ccc(OCCOCCOC)cc2Sc2cc(OCCOCCOC)ccc21.COCCN1c2ccc(OC)cc2Sc2cc(OC)ccc21.COCCOCCN1c2ccc(OC)cc2Sc2cc(OC)ccc21. The highest BCUT2D eigenvalue weighted by molar-refractivity contribution is 8.00. The Labute approximate surface area is 600 Å². The van der Waals surface area contributed by atoms with Crippen molar-refractivity contribution in [3.8, 4) is 46.0 Å². The molecule has 4 aliphatic heterocycles. The van der Waals surface area contributed by atoms with E-state index >= 15 is 0 Å². The monoisotopic (exact) mass is 1430 g/mol. The van der Waals surface area contributed by atoms with E-state index in [4.69, 9.17) is 71.1 Å². The van der Waals surface area contributed by atoms with E-state index < -0.39 is 0 Å². The zero-order valence-corrected chi connectivity index (χ0v) is 62.0. The van der Waals surface area contributed by atoms with Gasteiger partial charge in [0, 0.05) is 93.8 Å². The minimum atomic E-state index is 0.506. The lowest BCUT2D eigenvalue weighted by molar-refractivity contribution is 0.0544. The molecule has 530 valence electrons. The number of hydrogen-bond acceptors (Lipinski definition) is 23. The summed E-state index contributed by atoms with van der Waals surface area (Å²) in [6.45, 7) is 14.6. The van der Waals surface area contributed by atoms with Crippen LogP contribution < -0.4 is 57.5 Å². The van der Waals surface area contributed by atoms with E-state index in [-0.39, 0.29) is 0 Å². The highest BCUT2D eigenvalue weighted by Crippen LogP contribution is 2.54. The number of rotatable bonds is 31. The zero-order chi connectivity index (χ0) is 69.9. The molecule has 4 aliphatic rings. The van der Waals surface area contributed by atoms with Crippen LogP contribution in [0.15, 0.2) is 185 Å². The third-order valence-electron chi connectivity index (χ3n) is 16.0. The van der Waals surface area contributed by atoms with E-state index in [0.717, 1.165) is 91.8 Å². The molecule has 0 N–H and O–H groups in total. The Balaban J connectivity index is 0.000000156. The molecule has 0 radical (unpaired) electrons. The van der Waals surface area contributed by atoms with Crippen LogP contribution in [-0.2, 0) is 33.2 Å². The second-order valence-electron chi connectivity index (χ2n) is 22.0. The van der Waals surface area contributed by atoms with E-state index in [1.165, 1.54) is 65.1 Å². The minimum Gasteiger partial charge on any atom is -0.497 e. The Kier molecular flexibility index (Phi) is 30.2. The van der Waals surface area contributed by atoms with Crippen molar-refractivity contribution >= 4 is 92.5 Å². The number of nitrogens with zero attached hydrogens (tertiary/aromatic N) is 4. The molecule has 8 aromatic rings. The largest absolute Gasteiger partial charge is 0.497 e. The Morgan fingerprint density at radius 2 is 0.444 bits per heavy atom. The van der Waals surface area contributed by atoms with Crippen LogP contribution in [0.3, 0.4) is 0 Å². The Bertz CT molecular complexity index is 3630. The summed E-state index contributed by atoms with van der Waals surface area (Å²) in [6.07, 6.45) is 0. The van der Waals surface area contributed by atoms with Gasteiger partial charge in [-0.25, -0.2) is 0 Å². The van der Waals surface area contributed by atoms with E-state index in [0.29, 0.717) is 79.3 Å². The van der Waals surface area contributed by atoms with Crippen molar-refractivity contribution in [2.75, 3.05) is 196 Å². The maximum atomic E-state index is 5.88. The fraction of sp³-hybridized carbons (Fsp3) is 0.368. The fourth-order valence-electron chi connectivity index (χ4n) is 11.0. The second kappa shape index (κ2) is 39.5. The van der Waals surface area contributed by atoms with E-state index in [1.807, 2.05) is 48.5 Å². The number of benzene rings is 8. The molecule has 0 unspecified atom stereocenters. The van der Waals surface area contributed by atoms with Gasteiger partial charge in [-0.15, -0.1) is 0 Å². The first-order chi connectivity index (χ1) is 48.5. The minimum absolute atomic E-state index is 0.506. The summed E-state index contributed by atoms with van der Waals surface area (Å²) in [4.78, 5) is 18.6. The molecule has 0 fully saturated rings. The summed E-state index contributed by atoms with van der Waals surface area (Å²) < 4.78 is 80.7. The smallest absolute Gasteiger partial charge is 0.120 e. The molecular weight excluding hydrogens is 1340 g/mol. The van der Waals surface area contributed by atoms with Gasteiger partial charge in [0.25, 0.3) is 0 Å². The molecule has 0 saturated carbocycles. The van der Waals surface area contributed by atoms with Gasteiger partial charge in [0.1, 0.15) is 59.2 Å². The summed E-state index contributed by atoms with van der Waals surface area (Å²) in [5, 5.41) is 0. The van der Waals surface area contributed by atoms with Crippen LogP contribution in [0.4, 0.5) is 45.5 Å². The maximum absolute atomic E-state index is 5.88. The van der Waals surface area contributed by atoms with Crippen LogP contribution in [0.2, 0.25) is 0 Å². The van der Waals surface area contributed by atoms with Crippen molar-refractivity contribution in [3.63, 3.8) is 0 Å². The van der Waals surface area contributed by atoms with E-state index in [1.54, 1.807) is 118 Å². The molecule has 4 heterocycles. The van der Waals surface area contributed by atoms with Crippen molar-refractivity contribution in [1.29, 1.82) is 0 Å². The normalized spacial score (nSPS) is 12.5. The first-order valence-electron chi connectivity index (χ1n) is 32.7. The van der Waals surface area contributed by atoms with Crippen LogP contribution >= 0.6 is 47.0 Å². The number of fused-ring (bicyclic) bond motifs is 8. The van der Waals surface area contributed by atoms with Gasteiger partial charge in [-0.1, -0.05) is 47.0 Å². The van der Waals surface area contributed by atoms with Crippen molar-refractivity contribution in [2.24, 2.45) is 0 Å². The van der Waals surface area contributed by atoms with Crippen LogP contribution in [-0.4, -0.2) is 177 Å². The van der Waals surface area contributed by atoms with Gasteiger partial charge in [-0.05, 0) is 159 Å². The zero-order valence-electron chi connectivity index (χ0n) is 58.7. The molecule has 0 amide bonds. The standard InChI is InChI=1S/C24H33NO6S.C19H23NO4S.C17H19NO3S.C16H17NO2S/c1-4-25-21-7-5-19(30-15-13-28-11-9-26-2)17-23(21)32-24-18-20(6-8-22(24)25)31-16-14-29-12-10-27-3;1-21-10-11-24-9-8-20-16-6-4-14(22-2)12-18(16)25-19-13-15(23-3)5-7-17(19)20;1-19-9-8-18-14-6-4-12(20-2)10-16(14)22-17-11-13(21-3)5-7-15(17)18;1-4-17-13-7-5-11(18-2)9-15(13)20-16-10-12(19-3)6-8-14(16)17/h5-8,17-18H,4,9-16H2,1-3H3;4-7,12-13H,8-11H2,1-3H3;4-7,10-11H,8-9H2,1-3H3;5-10H,4H2,1-3H3. The maximum Gasteiger partial charge on any atom is 0.120 e. The van der Waals surface area contributed by atoms with Crippen LogP contribution in [0.5, 0.6) is 46.0 Å². The third kappa shape index (κ3) is 20.2. The summed E-state index contributed by atoms with van der Waals surface area (Å²) in [7, 11) is 16.9. The molecule has 0 bridgehead atoms. The molecular formula is C76H92N4O15S4. The third-order valence-corrected chi connectivity index (χ3v) is 20.3. The number of hydrogen-bond donors (Lipinski definition) is 0. The first-order valence-corrected chi connectivity index (χ1v) is 36.0. The number of anilines is 8.